The molecule has 5 nitrogen and oxygen atoms in total. The van der Waals surface area contributed by atoms with E-state index in [1.807, 2.05) is 6.92 Å². The van der Waals surface area contributed by atoms with Crippen LogP contribution in [-0.2, 0) is 4.74 Å². The minimum absolute atomic E-state index is 0.468. The van der Waals surface area contributed by atoms with E-state index in [1.165, 1.54) is 51.7 Å². The molecule has 0 aliphatic carbocycles. The molecule has 1 atom stereocenters. The van der Waals surface area contributed by atoms with Crippen molar-refractivity contribution in [1.82, 2.24) is 15.1 Å². The standard InChI is InChI=1S/C19H30N4O/c1-16-3-4-18(21-20-16)23-9-2-7-19(15-23)8-10-22(14-19)13-17-5-11-24-12-6-17/h3-4,17H,2,5-15H2,1H3/t19-/m0/s1. The first-order valence-electron chi connectivity index (χ1n) is 9.58. The number of likely N-dealkylation sites (tertiary alicyclic amines) is 1. The molecule has 0 radical (unpaired) electrons. The first-order chi connectivity index (χ1) is 11.7. The molecule has 0 aromatic carbocycles. The van der Waals surface area contributed by atoms with Crippen molar-refractivity contribution in [2.75, 3.05) is 50.8 Å². The lowest BCUT2D eigenvalue weighted by Crippen LogP contribution is -2.45. The topological polar surface area (TPSA) is 41.5 Å². The van der Waals surface area contributed by atoms with Crippen molar-refractivity contribution in [2.24, 2.45) is 11.3 Å². The van der Waals surface area contributed by atoms with Gasteiger partial charge in [-0.25, -0.2) is 0 Å². The van der Waals surface area contributed by atoms with Crippen LogP contribution in [0.3, 0.4) is 0 Å². The van der Waals surface area contributed by atoms with Gasteiger partial charge in [-0.3, -0.25) is 0 Å². The highest BCUT2D eigenvalue weighted by Gasteiger charge is 2.42. The van der Waals surface area contributed by atoms with Crippen LogP contribution in [0.2, 0.25) is 0 Å². The van der Waals surface area contributed by atoms with E-state index in [1.54, 1.807) is 0 Å². The normalized spacial score (nSPS) is 29.5. The number of rotatable bonds is 3. The number of anilines is 1. The summed E-state index contributed by atoms with van der Waals surface area (Å²) in [6.45, 7) is 10.0. The molecule has 0 bridgehead atoms. The highest BCUT2D eigenvalue weighted by atomic mass is 16.5. The summed E-state index contributed by atoms with van der Waals surface area (Å²) in [5, 5.41) is 8.67. The van der Waals surface area contributed by atoms with Gasteiger partial charge in [0.25, 0.3) is 0 Å². The van der Waals surface area contributed by atoms with Crippen molar-refractivity contribution >= 4 is 5.82 Å². The van der Waals surface area contributed by atoms with Crippen LogP contribution < -0.4 is 4.90 Å². The highest BCUT2D eigenvalue weighted by molar-refractivity contribution is 5.38. The maximum Gasteiger partial charge on any atom is 0.151 e. The third kappa shape index (κ3) is 3.57. The van der Waals surface area contributed by atoms with Crippen LogP contribution in [0, 0.1) is 18.3 Å². The fraction of sp³-hybridized carbons (Fsp3) is 0.789. The molecule has 4 heterocycles. The smallest absolute Gasteiger partial charge is 0.151 e. The Morgan fingerprint density at radius 1 is 1.12 bits per heavy atom. The highest BCUT2D eigenvalue weighted by Crippen LogP contribution is 2.40. The summed E-state index contributed by atoms with van der Waals surface area (Å²) < 4.78 is 5.51. The lowest BCUT2D eigenvalue weighted by Gasteiger charge is -2.41. The predicted octanol–water partition coefficient (Wildman–Crippen LogP) is 2.50. The fourth-order valence-electron chi connectivity index (χ4n) is 4.77. The summed E-state index contributed by atoms with van der Waals surface area (Å²) in [5.74, 6) is 1.90. The van der Waals surface area contributed by atoms with Gasteiger partial charge in [-0.2, -0.15) is 5.10 Å². The van der Waals surface area contributed by atoms with Crippen LogP contribution in [0.5, 0.6) is 0 Å². The van der Waals surface area contributed by atoms with Gasteiger partial charge < -0.3 is 14.5 Å². The van der Waals surface area contributed by atoms with E-state index >= 15 is 0 Å². The number of piperidine rings is 1. The molecule has 1 aromatic rings. The minimum atomic E-state index is 0.468. The number of hydrogen-bond donors (Lipinski definition) is 0. The number of aromatic nitrogens is 2. The quantitative estimate of drug-likeness (QED) is 0.852. The summed E-state index contributed by atoms with van der Waals surface area (Å²) in [6.07, 6.45) is 6.48. The Kier molecular flexibility index (Phi) is 4.72. The van der Waals surface area contributed by atoms with Crippen molar-refractivity contribution in [3.63, 3.8) is 0 Å². The van der Waals surface area contributed by atoms with Gasteiger partial charge in [-0.1, -0.05) is 0 Å². The molecule has 3 aliphatic rings. The Morgan fingerprint density at radius 3 is 2.79 bits per heavy atom. The molecule has 3 fully saturated rings. The lowest BCUT2D eigenvalue weighted by molar-refractivity contribution is 0.0537. The van der Waals surface area contributed by atoms with Gasteiger partial charge in [0, 0.05) is 44.8 Å². The second-order valence-electron chi connectivity index (χ2n) is 8.10. The number of hydrogen-bond acceptors (Lipinski definition) is 5. The van der Waals surface area contributed by atoms with Gasteiger partial charge in [-0.05, 0) is 63.6 Å². The average molecular weight is 330 g/mol. The van der Waals surface area contributed by atoms with E-state index in [4.69, 9.17) is 4.74 Å². The van der Waals surface area contributed by atoms with Crippen LogP contribution in [0.25, 0.3) is 0 Å². The Morgan fingerprint density at radius 2 is 2.00 bits per heavy atom. The molecule has 4 rings (SSSR count). The monoisotopic (exact) mass is 330 g/mol. The summed E-state index contributed by atoms with van der Waals surface area (Å²) >= 11 is 0. The van der Waals surface area contributed by atoms with Crippen LogP contribution in [-0.4, -0.2) is 61.0 Å². The summed E-state index contributed by atoms with van der Waals surface area (Å²) in [7, 11) is 0. The van der Waals surface area contributed by atoms with Crippen LogP contribution in [0.15, 0.2) is 12.1 Å². The van der Waals surface area contributed by atoms with Crippen molar-refractivity contribution in [3.05, 3.63) is 17.8 Å². The zero-order chi connectivity index (χ0) is 16.4. The molecule has 24 heavy (non-hydrogen) atoms. The maximum absolute atomic E-state index is 5.51. The van der Waals surface area contributed by atoms with Gasteiger partial charge in [0.1, 0.15) is 0 Å². The van der Waals surface area contributed by atoms with Gasteiger partial charge in [0.15, 0.2) is 5.82 Å². The molecule has 0 saturated carbocycles. The maximum atomic E-state index is 5.51. The third-order valence-electron chi connectivity index (χ3n) is 6.14. The molecule has 3 saturated heterocycles. The minimum Gasteiger partial charge on any atom is -0.381 e. The molecule has 132 valence electrons. The van der Waals surface area contributed by atoms with Gasteiger partial charge >= 0.3 is 0 Å². The zero-order valence-corrected chi connectivity index (χ0v) is 14.9. The number of aryl methyl sites for hydroxylation is 1. The molecule has 1 aromatic heterocycles. The molecule has 1 spiro atoms. The average Bonchev–Trinajstić information content (AvgIpc) is 2.98. The fourth-order valence-corrected chi connectivity index (χ4v) is 4.77. The molecule has 0 unspecified atom stereocenters. The first kappa shape index (κ1) is 16.3. The van der Waals surface area contributed by atoms with E-state index in [-0.39, 0.29) is 0 Å². The van der Waals surface area contributed by atoms with Crippen molar-refractivity contribution in [3.8, 4) is 0 Å². The lowest BCUT2D eigenvalue weighted by atomic mass is 9.79. The Balaban J connectivity index is 1.37. The molecular formula is C19H30N4O. The molecule has 0 amide bonds. The summed E-state index contributed by atoms with van der Waals surface area (Å²) in [4.78, 5) is 5.19. The van der Waals surface area contributed by atoms with Crippen LogP contribution in [0.1, 0.15) is 37.8 Å². The second kappa shape index (κ2) is 6.96. The Bertz CT molecular complexity index is 543. The van der Waals surface area contributed by atoms with Crippen LogP contribution in [0.4, 0.5) is 5.82 Å². The molecule has 5 heteroatoms. The largest absolute Gasteiger partial charge is 0.381 e. The third-order valence-corrected chi connectivity index (χ3v) is 6.14. The first-order valence-corrected chi connectivity index (χ1v) is 9.58. The van der Waals surface area contributed by atoms with E-state index in [9.17, 15) is 0 Å². The SMILES string of the molecule is Cc1ccc(N2CCC[C@@]3(CCN(CC4CCOCC4)C3)C2)nn1. The second-order valence-corrected chi connectivity index (χ2v) is 8.10. The number of nitrogens with zero attached hydrogens (tertiary/aromatic N) is 4. The molecule has 3 aliphatic heterocycles. The number of ether oxygens (including phenoxy) is 1. The van der Waals surface area contributed by atoms with Crippen molar-refractivity contribution in [1.29, 1.82) is 0 Å². The summed E-state index contributed by atoms with van der Waals surface area (Å²) in [6, 6.07) is 4.21. The van der Waals surface area contributed by atoms with Crippen molar-refractivity contribution in [2.45, 2.75) is 39.0 Å². The van der Waals surface area contributed by atoms with E-state index in [2.05, 4.69) is 32.1 Å². The van der Waals surface area contributed by atoms with E-state index in [0.717, 1.165) is 43.7 Å². The van der Waals surface area contributed by atoms with E-state index < -0.39 is 0 Å². The van der Waals surface area contributed by atoms with Gasteiger partial charge in [0.2, 0.25) is 0 Å². The van der Waals surface area contributed by atoms with Crippen molar-refractivity contribution < 1.29 is 4.74 Å². The Labute approximate surface area is 145 Å². The molecular weight excluding hydrogens is 300 g/mol. The van der Waals surface area contributed by atoms with E-state index in [0.29, 0.717) is 5.41 Å². The Hall–Kier alpha value is -1.20. The summed E-state index contributed by atoms with van der Waals surface area (Å²) in [5.41, 5.74) is 1.46. The zero-order valence-electron chi connectivity index (χ0n) is 14.9. The van der Waals surface area contributed by atoms with Gasteiger partial charge in [0.05, 0.1) is 5.69 Å². The predicted molar refractivity (Wildman–Crippen MR) is 95.2 cm³/mol. The van der Waals surface area contributed by atoms with Gasteiger partial charge in [-0.15, -0.1) is 5.10 Å². The van der Waals surface area contributed by atoms with Crippen LogP contribution >= 0.6 is 0 Å². The molecule has 0 N–H and O–H groups in total.